The van der Waals surface area contributed by atoms with Gasteiger partial charge in [0.2, 0.25) is 0 Å². The van der Waals surface area contributed by atoms with Gasteiger partial charge in [-0.15, -0.1) is 11.3 Å². The molecule has 0 aliphatic rings. The van der Waals surface area contributed by atoms with Crippen molar-refractivity contribution in [3.05, 3.63) is 74.9 Å². The molecule has 2 N–H and O–H groups in total. The van der Waals surface area contributed by atoms with Gasteiger partial charge in [-0.25, -0.2) is 4.79 Å². The van der Waals surface area contributed by atoms with Gasteiger partial charge in [-0.3, -0.25) is 9.59 Å². The Morgan fingerprint density at radius 3 is 2.45 bits per heavy atom. The van der Waals surface area contributed by atoms with Crippen molar-refractivity contribution in [3.8, 4) is 5.75 Å². The fourth-order valence-corrected chi connectivity index (χ4v) is 3.40. The molecular weight excluding hydrogens is 440 g/mol. The second-order valence-corrected chi connectivity index (χ2v) is 7.78. The van der Waals surface area contributed by atoms with Crippen LogP contribution in [0.3, 0.4) is 0 Å². The molecule has 0 spiro atoms. The second-order valence-electron chi connectivity index (χ2n) is 6.42. The molecule has 2 aromatic carbocycles. The van der Waals surface area contributed by atoms with Crippen LogP contribution >= 0.6 is 22.9 Å². The predicted molar refractivity (Wildman–Crippen MR) is 120 cm³/mol. The van der Waals surface area contributed by atoms with E-state index < -0.39 is 5.97 Å². The molecular formula is C22H19ClN2O5S. The van der Waals surface area contributed by atoms with Crippen molar-refractivity contribution in [2.45, 2.75) is 6.92 Å². The van der Waals surface area contributed by atoms with Gasteiger partial charge in [-0.05, 0) is 60.3 Å². The zero-order valence-electron chi connectivity index (χ0n) is 16.7. The Morgan fingerprint density at radius 2 is 1.77 bits per heavy atom. The molecule has 0 atom stereocenters. The molecule has 0 aliphatic carbocycles. The summed E-state index contributed by atoms with van der Waals surface area (Å²) in [7, 11) is 1.28. The van der Waals surface area contributed by atoms with Crippen molar-refractivity contribution >= 4 is 52.1 Å². The summed E-state index contributed by atoms with van der Waals surface area (Å²) in [5.74, 6) is -0.673. The average molecular weight is 459 g/mol. The summed E-state index contributed by atoms with van der Waals surface area (Å²) in [6.45, 7) is 1.60. The van der Waals surface area contributed by atoms with E-state index in [4.69, 9.17) is 16.3 Å². The van der Waals surface area contributed by atoms with Crippen LogP contribution < -0.4 is 15.4 Å². The molecule has 3 rings (SSSR count). The summed E-state index contributed by atoms with van der Waals surface area (Å²) >= 11 is 7.49. The van der Waals surface area contributed by atoms with Crippen LogP contribution in [0.1, 0.15) is 25.6 Å². The van der Waals surface area contributed by atoms with E-state index in [1.807, 2.05) is 0 Å². The molecule has 0 aliphatic heterocycles. The van der Waals surface area contributed by atoms with Crippen molar-refractivity contribution in [1.82, 2.24) is 0 Å². The topological polar surface area (TPSA) is 93.7 Å². The first-order valence-corrected chi connectivity index (χ1v) is 10.4. The predicted octanol–water partition coefficient (Wildman–Crippen LogP) is 4.77. The number of aryl methyl sites for hydroxylation is 1. The maximum atomic E-state index is 12.7. The molecule has 1 heterocycles. The number of carbonyl (C=O) groups excluding carboxylic acids is 3. The summed E-state index contributed by atoms with van der Waals surface area (Å²) in [6.07, 6.45) is 0. The number of ether oxygens (including phenoxy) is 2. The van der Waals surface area contributed by atoms with Gasteiger partial charge in [0.15, 0.2) is 6.61 Å². The average Bonchev–Trinajstić information content (AvgIpc) is 3.30. The lowest BCUT2D eigenvalue weighted by atomic mass is 10.1. The van der Waals surface area contributed by atoms with E-state index in [1.165, 1.54) is 24.5 Å². The molecule has 0 unspecified atom stereocenters. The molecule has 0 saturated heterocycles. The Kier molecular flexibility index (Phi) is 7.28. The number of hydrogen-bond acceptors (Lipinski definition) is 6. The molecule has 3 aromatic rings. The van der Waals surface area contributed by atoms with Gasteiger partial charge in [0.05, 0.1) is 22.7 Å². The lowest BCUT2D eigenvalue weighted by Gasteiger charge is -2.12. The first-order chi connectivity index (χ1) is 14.9. The number of nitrogens with one attached hydrogen (secondary N) is 2. The fraction of sp³-hybridized carbons (Fsp3) is 0.136. The van der Waals surface area contributed by atoms with Crippen molar-refractivity contribution in [2.75, 3.05) is 24.4 Å². The van der Waals surface area contributed by atoms with Gasteiger partial charge >= 0.3 is 5.97 Å². The molecule has 0 saturated carbocycles. The molecule has 0 fully saturated rings. The van der Waals surface area contributed by atoms with Crippen LogP contribution in [-0.2, 0) is 9.53 Å². The molecule has 1 aromatic heterocycles. The summed E-state index contributed by atoms with van der Waals surface area (Å²) in [4.78, 5) is 36.7. The van der Waals surface area contributed by atoms with Crippen LogP contribution in [0.2, 0.25) is 5.02 Å². The number of esters is 1. The third kappa shape index (κ3) is 5.84. The highest BCUT2D eigenvalue weighted by Crippen LogP contribution is 2.26. The summed E-state index contributed by atoms with van der Waals surface area (Å²) in [5, 5.41) is 7.67. The first-order valence-electron chi connectivity index (χ1n) is 9.13. The van der Waals surface area contributed by atoms with Gasteiger partial charge in [-0.1, -0.05) is 17.7 Å². The number of amides is 2. The lowest BCUT2D eigenvalue weighted by molar-refractivity contribution is -0.142. The van der Waals surface area contributed by atoms with E-state index in [2.05, 4.69) is 15.4 Å². The van der Waals surface area contributed by atoms with E-state index >= 15 is 0 Å². The smallest absolute Gasteiger partial charge is 0.343 e. The number of methoxy groups -OCH3 is 1. The zero-order valence-corrected chi connectivity index (χ0v) is 18.3. The van der Waals surface area contributed by atoms with E-state index in [0.29, 0.717) is 32.6 Å². The lowest BCUT2D eigenvalue weighted by Crippen LogP contribution is -2.15. The van der Waals surface area contributed by atoms with E-state index in [-0.39, 0.29) is 18.4 Å². The molecule has 2 amide bonds. The molecule has 9 heteroatoms. The van der Waals surface area contributed by atoms with E-state index in [9.17, 15) is 14.4 Å². The molecule has 0 bridgehead atoms. The number of benzene rings is 2. The van der Waals surface area contributed by atoms with Crippen LogP contribution in [0.25, 0.3) is 0 Å². The number of thiophene rings is 1. The Morgan fingerprint density at radius 1 is 1.00 bits per heavy atom. The van der Waals surface area contributed by atoms with E-state index in [0.717, 1.165) is 5.56 Å². The van der Waals surface area contributed by atoms with E-state index in [1.54, 1.807) is 54.8 Å². The number of rotatable bonds is 7. The van der Waals surface area contributed by atoms with Gasteiger partial charge in [0.25, 0.3) is 11.8 Å². The second kappa shape index (κ2) is 10.1. The van der Waals surface area contributed by atoms with Crippen molar-refractivity contribution < 1.29 is 23.9 Å². The van der Waals surface area contributed by atoms with Crippen molar-refractivity contribution in [3.63, 3.8) is 0 Å². The number of anilines is 2. The molecule has 0 radical (unpaired) electrons. The van der Waals surface area contributed by atoms with Crippen LogP contribution in [0, 0.1) is 6.92 Å². The normalized spacial score (nSPS) is 10.3. The molecule has 31 heavy (non-hydrogen) atoms. The fourth-order valence-electron chi connectivity index (χ4n) is 2.62. The summed E-state index contributed by atoms with van der Waals surface area (Å²) in [5.41, 5.74) is 2.00. The zero-order chi connectivity index (χ0) is 22.4. The minimum atomic E-state index is -0.486. The highest BCUT2D eigenvalue weighted by Gasteiger charge is 2.14. The number of halogens is 1. The maximum absolute atomic E-state index is 12.7. The Labute approximate surface area is 187 Å². The summed E-state index contributed by atoms with van der Waals surface area (Å²) < 4.78 is 9.87. The van der Waals surface area contributed by atoms with Crippen LogP contribution in [0.5, 0.6) is 5.75 Å². The van der Waals surface area contributed by atoms with Crippen LogP contribution in [0.15, 0.2) is 53.9 Å². The van der Waals surface area contributed by atoms with Gasteiger partial charge < -0.3 is 20.1 Å². The number of hydrogen-bond donors (Lipinski definition) is 2. The first kappa shape index (κ1) is 22.3. The van der Waals surface area contributed by atoms with Crippen molar-refractivity contribution in [2.24, 2.45) is 0 Å². The highest BCUT2D eigenvalue weighted by molar-refractivity contribution is 7.12. The minimum Gasteiger partial charge on any atom is -0.482 e. The Bertz CT molecular complexity index is 1120. The molecule has 7 nitrogen and oxygen atoms in total. The van der Waals surface area contributed by atoms with Crippen LogP contribution in [0.4, 0.5) is 11.4 Å². The van der Waals surface area contributed by atoms with Gasteiger partial charge in [0.1, 0.15) is 5.75 Å². The largest absolute Gasteiger partial charge is 0.482 e. The Hall–Kier alpha value is -3.36. The maximum Gasteiger partial charge on any atom is 0.343 e. The minimum absolute atomic E-state index is 0.202. The van der Waals surface area contributed by atoms with Crippen LogP contribution in [-0.4, -0.2) is 31.5 Å². The van der Waals surface area contributed by atoms with Gasteiger partial charge in [-0.2, -0.15) is 0 Å². The standard InChI is InChI=1S/C22H19ClN2O5S/c1-13-10-15(30-12-20(26)29-2)6-8-17(13)24-21(27)14-5-7-16(23)18(11-14)25-22(28)19-4-3-9-31-19/h3-11H,12H2,1-2H3,(H,24,27)(H,25,28). The van der Waals surface area contributed by atoms with Crippen molar-refractivity contribution in [1.29, 1.82) is 0 Å². The SMILES string of the molecule is COC(=O)COc1ccc(NC(=O)c2ccc(Cl)c(NC(=O)c3cccs3)c2)c(C)c1. The summed E-state index contributed by atoms with van der Waals surface area (Å²) in [6, 6.07) is 13.1. The van der Waals surface area contributed by atoms with Gasteiger partial charge in [0, 0.05) is 11.3 Å². The highest BCUT2D eigenvalue weighted by atomic mass is 35.5. The third-order valence-corrected chi connectivity index (χ3v) is 5.45. The Balaban J connectivity index is 1.70. The quantitative estimate of drug-likeness (QED) is 0.497. The third-order valence-electron chi connectivity index (χ3n) is 4.25. The number of carbonyl (C=O) groups is 3. The monoisotopic (exact) mass is 458 g/mol. The molecule has 160 valence electrons.